The predicted octanol–water partition coefficient (Wildman–Crippen LogP) is 1.44. The van der Waals surface area contributed by atoms with Crippen LogP contribution in [0.2, 0.25) is 0 Å². The Balaban J connectivity index is 1.88. The molecule has 5 nitrogen and oxygen atoms in total. The van der Waals surface area contributed by atoms with Gasteiger partial charge >= 0.3 is 0 Å². The third kappa shape index (κ3) is 2.02. The summed E-state index contributed by atoms with van der Waals surface area (Å²) in [5.74, 6) is 1.15. The molecule has 1 aliphatic heterocycles. The molecule has 0 radical (unpaired) electrons. The number of hydrogen-bond acceptors (Lipinski definition) is 5. The van der Waals surface area contributed by atoms with Crippen molar-refractivity contribution in [1.82, 2.24) is 15.5 Å². The van der Waals surface area contributed by atoms with Gasteiger partial charge in [-0.1, -0.05) is 29.4 Å². The molecule has 2 N–H and O–H groups in total. The topological polar surface area (TPSA) is 71.2 Å². The molecule has 94 valence electrons. The summed E-state index contributed by atoms with van der Waals surface area (Å²) in [7, 11) is 0. The zero-order chi connectivity index (χ0) is 12.5. The molecule has 1 fully saturated rings. The van der Waals surface area contributed by atoms with Crippen LogP contribution in [0.4, 0.5) is 0 Å². The van der Waals surface area contributed by atoms with Gasteiger partial charge in [0.1, 0.15) is 0 Å². The number of aliphatic hydroxyl groups is 1. The van der Waals surface area contributed by atoms with Crippen LogP contribution in [0, 0.1) is 6.92 Å². The van der Waals surface area contributed by atoms with Crippen molar-refractivity contribution in [3.05, 3.63) is 35.7 Å². The van der Waals surface area contributed by atoms with E-state index in [2.05, 4.69) is 15.5 Å². The molecule has 0 aliphatic carbocycles. The zero-order valence-electron chi connectivity index (χ0n) is 10.1. The number of benzene rings is 1. The van der Waals surface area contributed by atoms with Crippen LogP contribution in [0.3, 0.4) is 0 Å². The molecule has 0 unspecified atom stereocenters. The molecular formula is C13H15N3O2. The fourth-order valence-corrected chi connectivity index (χ4v) is 2.22. The number of nitrogens with one attached hydrogen (secondary N) is 1. The molecule has 2 aromatic rings. The average molecular weight is 245 g/mol. The molecule has 0 spiro atoms. The van der Waals surface area contributed by atoms with E-state index in [4.69, 9.17) is 4.52 Å². The van der Waals surface area contributed by atoms with Crippen LogP contribution in [0.25, 0.3) is 11.4 Å². The van der Waals surface area contributed by atoms with Crippen molar-refractivity contribution in [1.29, 1.82) is 0 Å². The predicted molar refractivity (Wildman–Crippen MR) is 65.8 cm³/mol. The minimum atomic E-state index is -0.330. The van der Waals surface area contributed by atoms with Gasteiger partial charge in [-0.15, -0.1) is 0 Å². The summed E-state index contributed by atoms with van der Waals surface area (Å²) in [4.78, 5) is 4.41. The Bertz CT molecular complexity index is 553. The van der Waals surface area contributed by atoms with E-state index in [-0.39, 0.29) is 12.1 Å². The normalized spacial score (nSPS) is 23.4. The van der Waals surface area contributed by atoms with E-state index in [0.717, 1.165) is 11.1 Å². The number of rotatable bonds is 2. The molecule has 1 saturated heterocycles. The molecule has 3 rings (SSSR count). The quantitative estimate of drug-likeness (QED) is 0.837. The maximum Gasteiger partial charge on any atom is 0.244 e. The zero-order valence-corrected chi connectivity index (χ0v) is 10.1. The third-order valence-electron chi connectivity index (χ3n) is 3.23. The van der Waals surface area contributed by atoms with Gasteiger partial charge in [0.15, 0.2) is 0 Å². The molecular weight excluding hydrogens is 230 g/mol. The van der Waals surface area contributed by atoms with E-state index in [9.17, 15) is 5.11 Å². The lowest BCUT2D eigenvalue weighted by Crippen LogP contribution is -2.15. The highest BCUT2D eigenvalue weighted by Crippen LogP contribution is 2.25. The molecule has 1 aliphatic rings. The van der Waals surface area contributed by atoms with Crippen LogP contribution in [0.5, 0.6) is 0 Å². The number of nitrogens with zero attached hydrogens (tertiary/aromatic N) is 2. The summed E-state index contributed by atoms with van der Waals surface area (Å²) in [6.07, 6.45) is 0.291. The van der Waals surface area contributed by atoms with Crippen LogP contribution in [-0.2, 0) is 0 Å². The Morgan fingerprint density at radius 1 is 1.39 bits per heavy atom. The molecule has 0 amide bonds. The third-order valence-corrected chi connectivity index (χ3v) is 3.23. The van der Waals surface area contributed by atoms with E-state index in [1.54, 1.807) is 0 Å². The second-order valence-corrected chi connectivity index (χ2v) is 4.62. The fraction of sp³-hybridized carbons (Fsp3) is 0.385. The first-order valence-electron chi connectivity index (χ1n) is 6.05. The van der Waals surface area contributed by atoms with Crippen molar-refractivity contribution < 1.29 is 9.63 Å². The van der Waals surface area contributed by atoms with Gasteiger partial charge < -0.3 is 14.9 Å². The monoisotopic (exact) mass is 245 g/mol. The van der Waals surface area contributed by atoms with Gasteiger partial charge in [-0.25, -0.2) is 0 Å². The van der Waals surface area contributed by atoms with Crippen molar-refractivity contribution >= 4 is 0 Å². The van der Waals surface area contributed by atoms with Gasteiger partial charge in [0.2, 0.25) is 11.7 Å². The van der Waals surface area contributed by atoms with Crippen LogP contribution in [0.15, 0.2) is 28.8 Å². The largest absolute Gasteiger partial charge is 0.392 e. The Morgan fingerprint density at radius 3 is 2.94 bits per heavy atom. The highest BCUT2D eigenvalue weighted by Gasteiger charge is 2.28. The second kappa shape index (κ2) is 4.51. The maximum absolute atomic E-state index is 9.48. The molecule has 5 heteroatoms. The number of aromatic nitrogens is 2. The van der Waals surface area contributed by atoms with Crippen molar-refractivity contribution in [3.8, 4) is 11.4 Å². The van der Waals surface area contributed by atoms with Crippen LogP contribution in [-0.4, -0.2) is 27.9 Å². The molecule has 1 aromatic heterocycles. The summed E-state index contributed by atoms with van der Waals surface area (Å²) in [5.41, 5.74) is 2.09. The van der Waals surface area contributed by atoms with Crippen LogP contribution >= 0.6 is 0 Å². The van der Waals surface area contributed by atoms with Crippen LogP contribution in [0.1, 0.15) is 23.9 Å². The Morgan fingerprint density at radius 2 is 2.22 bits per heavy atom. The number of aliphatic hydroxyl groups excluding tert-OH is 1. The van der Waals surface area contributed by atoms with Crippen molar-refractivity contribution in [2.75, 3.05) is 6.54 Å². The summed E-state index contributed by atoms with van der Waals surface area (Å²) in [6.45, 7) is 2.59. The number of aryl methyl sites for hydroxylation is 1. The molecule has 0 saturated carbocycles. The lowest BCUT2D eigenvalue weighted by molar-refractivity contribution is 0.191. The lowest BCUT2D eigenvalue weighted by Gasteiger charge is -2.02. The lowest BCUT2D eigenvalue weighted by atomic mass is 10.1. The SMILES string of the molecule is Cc1ccccc1-c1noc([C@@H]2C[C@H](O)CN2)n1. The van der Waals surface area contributed by atoms with Crippen molar-refractivity contribution in [3.63, 3.8) is 0 Å². The van der Waals surface area contributed by atoms with Gasteiger partial charge in [0.05, 0.1) is 12.1 Å². The van der Waals surface area contributed by atoms with Gasteiger partial charge in [0.25, 0.3) is 0 Å². The fourth-order valence-electron chi connectivity index (χ4n) is 2.22. The first-order valence-corrected chi connectivity index (χ1v) is 6.05. The Kier molecular flexibility index (Phi) is 2.85. The van der Waals surface area contributed by atoms with Crippen molar-refractivity contribution in [2.24, 2.45) is 0 Å². The Labute approximate surface area is 105 Å². The van der Waals surface area contributed by atoms with E-state index in [1.807, 2.05) is 31.2 Å². The molecule has 1 aromatic carbocycles. The summed E-state index contributed by atoms with van der Waals surface area (Å²) in [5, 5.41) is 16.6. The van der Waals surface area contributed by atoms with Gasteiger partial charge in [-0.05, 0) is 18.9 Å². The minimum absolute atomic E-state index is 0.0368. The van der Waals surface area contributed by atoms with E-state index in [1.165, 1.54) is 0 Å². The van der Waals surface area contributed by atoms with E-state index >= 15 is 0 Å². The van der Waals surface area contributed by atoms with Gasteiger partial charge in [0, 0.05) is 12.1 Å². The van der Waals surface area contributed by atoms with Crippen LogP contribution < -0.4 is 5.32 Å². The summed E-state index contributed by atoms with van der Waals surface area (Å²) >= 11 is 0. The average Bonchev–Trinajstić information content (AvgIpc) is 2.98. The molecule has 18 heavy (non-hydrogen) atoms. The smallest absolute Gasteiger partial charge is 0.244 e. The summed E-state index contributed by atoms with van der Waals surface area (Å²) in [6, 6.07) is 7.89. The molecule has 0 bridgehead atoms. The Hall–Kier alpha value is -1.72. The second-order valence-electron chi connectivity index (χ2n) is 4.62. The molecule has 2 heterocycles. The van der Waals surface area contributed by atoms with Gasteiger partial charge in [-0.2, -0.15) is 4.98 Å². The number of β-amino-alcohol motifs (C(OH)–C–C–N with tert-alkyl or cyclic N) is 1. The van der Waals surface area contributed by atoms with E-state index in [0.29, 0.717) is 24.7 Å². The number of hydrogen-bond donors (Lipinski definition) is 2. The van der Waals surface area contributed by atoms with Gasteiger partial charge in [-0.3, -0.25) is 0 Å². The first kappa shape index (κ1) is 11.4. The van der Waals surface area contributed by atoms with E-state index < -0.39 is 0 Å². The highest BCUT2D eigenvalue weighted by atomic mass is 16.5. The standard InChI is InChI=1S/C13H15N3O2/c1-8-4-2-3-5-10(8)12-15-13(18-16-12)11-6-9(17)7-14-11/h2-5,9,11,14,17H,6-7H2,1H3/t9-,11-/m0/s1. The minimum Gasteiger partial charge on any atom is -0.392 e. The maximum atomic E-state index is 9.48. The highest BCUT2D eigenvalue weighted by molar-refractivity contribution is 5.58. The first-order chi connectivity index (χ1) is 8.74. The van der Waals surface area contributed by atoms with Crippen molar-refractivity contribution in [2.45, 2.75) is 25.5 Å². The molecule has 2 atom stereocenters. The summed E-state index contributed by atoms with van der Waals surface area (Å²) < 4.78 is 5.27.